The quantitative estimate of drug-likeness (QED) is 0.511. The maximum atomic E-state index is 11.8. The van der Waals surface area contributed by atoms with Gasteiger partial charge in [0, 0.05) is 17.9 Å². The first-order chi connectivity index (χ1) is 11.8. The van der Waals surface area contributed by atoms with Crippen molar-refractivity contribution < 1.29 is 13.2 Å². The molecular formula is C18H31N3O3S. The molecule has 3 N–H and O–H groups in total. The van der Waals surface area contributed by atoms with Gasteiger partial charge >= 0.3 is 6.03 Å². The van der Waals surface area contributed by atoms with E-state index in [0.717, 1.165) is 18.8 Å². The largest absolute Gasteiger partial charge is 0.338 e. The maximum absolute atomic E-state index is 11.8. The molecule has 0 saturated carbocycles. The Morgan fingerprint density at radius 1 is 1.00 bits per heavy atom. The fourth-order valence-electron chi connectivity index (χ4n) is 2.28. The molecule has 0 fully saturated rings. The van der Waals surface area contributed by atoms with Crippen LogP contribution in [0.4, 0.5) is 16.2 Å². The first-order valence-corrected chi connectivity index (χ1v) is 10.6. The molecule has 25 heavy (non-hydrogen) atoms. The minimum Gasteiger partial charge on any atom is -0.338 e. The Bertz CT molecular complexity index is 613. The van der Waals surface area contributed by atoms with Crippen LogP contribution >= 0.6 is 0 Å². The number of sulfonamides is 1. The van der Waals surface area contributed by atoms with Crippen LogP contribution in [-0.2, 0) is 10.0 Å². The van der Waals surface area contributed by atoms with Gasteiger partial charge in [-0.3, -0.25) is 4.72 Å². The van der Waals surface area contributed by atoms with Crippen LogP contribution in [0.25, 0.3) is 0 Å². The zero-order valence-electron chi connectivity index (χ0n) is 15.5. The molecule has 0 atom stereocenters. The summed E-state index contributed by atoms with van der Waals surface area (Å²) in [6.45, 7) is 6.70. The lowest BCUT2D eigenvalue weighted by Gasteiger charge is -2.09. The average Bonchev–Trinajstić information content (AvgIpc) is 2.55. The second-order valence-electron chi connectivity index (χ2n) is 6.56. The fourth-order valence-corrected chi connectivity index (χ4v) is 2.92. The van der Waals surface area contributed by atoms with Crippen molar-refractivity contribution in [1.29, 1.82) is 0 Å². The van der Waals surface area contributed by atoms with Gasteiger partial charge in [0.25, 0.3) is 0 Å². The molecular weight excluding hydrogens is 338 g/mol. The number of hydrogen-bond donors (Lipinski definition) is 3. The molecule has 0 spiro atoms. The van der Waals surface area contributed by atoms with E-state index in [9.17, 15) is 13.2 Å². The molecule has 1 rings (SSSR count). The van der Waals surface area contributed by atoms with Crippen LogP contribution in [0, 0.1) is 5.92 Å². The number of nitrogens with one attached hydrogen (secondary N) is 3. The number of carbonyl (C=O) groups excluding carboxylic acids is 1. The van der Waals surface area contributed by atoms with Crippen molar-refractivity contribution in [2.75, 3.05) is 22.3 Å². The Morgan fingerprint density at radius 3 is 2.20 bits per heavy atom. The normalized spacial score (nSPS) is 11.4. The molecule has 1 aromatic carbocycles. The van der Waals surface area contributed by atoms with E-state index in [1.165, 1.54) is 19.3 Å². The number of amides is 2. The summed E-state index contributed by atoms with van der Waals surface area (Å²) in [6.07, 6.45) is 5.81. The van der Waals surface area contributed by atoms with Gasteiger partial charge in [0.15, 0.2) is 0 Å². The summed E-state index contributed by atoms with van der Waals surface area (Å²) >= 11 is 0. The molecule has 0 saturated heterocycles. The highest BCUT2D eigenvalue weighted by atomic mass is 32.2. The van der Waals surface area contributed by atoms with Crippen LogP contribution in [0.3, 0.4) is 0 Å². The van der Waals surface area contributed by atoms with Gasteiger partial charge in [-0.05, 0) is 43.5 Å². The molecule has 0 aromatic heterocycles. The molecule has 7 heteroatoms. The summed E-state index contributed by atoms with van der Waals surface area (Å²) in [5, 5.41) is 5.57. The summed E-state index contributed by atoms with van der Waals surface area (Å²) in [5.74, 6) is 0.778. The zero-order valence-corrected chi connectivity index (χ0v) is 16.3. The molecule has 0 unspecified atom stereocenters. The molecule has 142 valence electrons. The van der Waals surface area contributed by atoms with E-state index in [1.54, 1.807) is 31.2 Å². The van der Waals surface area contributed by atoms with Crippen molar-refractivity contribution in [3.63, 3.8) is 0 Å². The summed E-state index contributed by atoms with van der Waals surface area (Å²) in [4.78, 5) is 11.8. The molecule has 0 aliphatic heterocycles. The van der Waals surface area contributed by atoms with Crippen molar-refractivity contribution in [2.24, 2.45) is 5.92 Å². The molecule has 0 bridgehead atoms. The monoisotopic (exact) mass is 369 g/mol. The first kappa shape index (κ1) is 21.3. The Hall–Kier alpha value is -1.76. The molecule has 6 nitrogen and oxygen atoms in total. The van der Waals surface area contributed by atoms with E-state index in [-0.39, 0.29) is 11.8 Å². The van der Waals surface area contributed by atoms with Crippen molar-refractivity contribution in [3.8, 4) is 0 Å². The Balaban J connectivity index is 2.24. The average molecular weight is 370 g/mol. The molecule has 0 aliphatic carbocycles. The number of hydrogen-bond acceptors (Lipinski definition) is 3. The highest BCUT2D eigenvalue weighted by Gasteiger charge is 2.07. The topological polar surface area (TPSA) is 87.3 Å². The van der Waals surface area contributed by atoms with Crippen LogP contribution in [0.2, 0.25) is 0 Å². The fraction of sp³-hybridized carbons (Fsp3) is 0.611. The van der Waals surface area contributed by atoms with Gasteiger partial charge in [-0.2, -0.15) is 0 Å². The van der Waals surface area contributed by atoms with Crippen molar-refractivity contribution in [2.45, 2.75) is 52.9 Å². The minimum atomic E-state index is -3.28. The Labute approximate surface area is 151 Å². The lowest BCUT2D eigenvalue weighted by atomic mass is 10.0. The standard InChI is InChI=1S/C18H31N3O3S/c1-4-25(23,24)21-17-12-10-16(11-13-17)20-18(22)19-14-8-6-5-7-9-15(2)3/h10-13,15,21H,4-9,14H2,1-3H3,(H2,19,20,22). The zero-order chi connectivity index (χ0) is 18.7. The number of rotatable bonds is 11. The van der Waals surface area contributed by atoms with Gasteiger partial charge in [0.1, 0.15) is 0 Å². The Morgan fingerprint density at radius 2 is 1.60 bits per heavy atom. The van der Waals surface area contributed by atoms with Crippen LogP contribution in [0.15, 0.2) is 24.3 Å². The summed E-state index contributed by atoms with van der Waals surface area (Å²) in [7, 11) is -3.28. The van der Waals surface area contributed by atoms with Gasteiger partial charge in [-0.1, -0.05) is 39.5 Å². The predicted octanol–water partition coefficient (Wildman–Crippen LogP) is 4.18. The van der Waals surface area contributed by atoms with Crippen LogP contribution < -0.4 is 15.4 Å². The third-order valence-corrected chi connectivity index (χ3v) is 5.10. The van der Waals surface area contributed by atoms with Crippen LogP contribution in [0.1, 0.15) is 52.9 Å². The number of carbonyl (C=O) groups is 1. The van der Waals surface area contributed by atoms with E-state index in [4.69, 9.17) is 0 Å². The van der Waals surface area contributed by atoms with E-state index >= 15 is 0 Å². The number of unbranched alkanes of at least 4 members (excludes halogenated alkanes) is 3. The third kappa shape index (κ3) is 9.96. The van der Waals surface area contributed by atoms with Gasteiger partial charge in [-0.25, -0.2) is 13.2 Å². The van der Waals surface area contributed by atoms with Gasteiger partial charge in [-0.15, -0.1) is 0 Å². The van der Waals surface area contributed by atoms with Crippen molar-refractivity contribution in [3.05, 3.63) is 24.3 Å². The smallest absolute Gasteiger partial charge is 0.319 e. The van der Waals surface area contributed by atoms with Gasteiger partial charge in [0.2, 0.25) is 10.0 Å². The minimum absolute atomic E-state index is 0.0207. The van der Waals surface area contributed by atoms with E-state index in [0.29, 0.717) is 17.9 Å². The number of anilines is 2. The van der Waals surface area contributed by atoms with Crippen LogP contribution in [-0.4, -0.2) is 26.7 Å². The summed E-state index contributed by atoms with van der Waals surface area (Å²) < 4.78 is 25.4. The molecule has 0 radical (unpaired) electrons. The van der Waals surface area contributed by atoms with Gasteiger partial charge in [0.05, 0.1) is 5.75 Å². The summed E-state index contributed by atoms with van der Waals surface area (Å²) in [6, 6.07) is 6.33. The number of benzene rings is 1. The third-order valence-electron chi connectivity index (χ3n) is 3.79. The Kier molecular flexibility index (Phi) is 9.34. The lowest BCUT2D eigenvalue weighted by Crippen LogP contribution is -2.29. The van der Waals surface area contributed by atoms with E-state index < -0.39 is 10.0 Å². The SMILES string of the molecule is CCS(=O)(=O)Nc1ccc(NC(=O)NCCCCCCC(C)C)cc1. The second-order valence-corrected chi connectivity index (χ2v) is 8.57. The van der Waals surface area contributed by atoms with Gasteiger partial charge < -0.3 is 10.6 Å². The number of urea groups is 1. The summed E-state index contributed by atoms with van der Waals surface area (Å²) in [5.41, 5.74) is 1.10. The molecule has 0 aliphatic rings. The van der Waals surface area contributed by atoms with Crippen molar-refractivity contribution in [1.82, 2.24) is 5.32 Å². The highest BCUT2D eigenvalue weighted by molar-refractivity contribution is 7.92. The second kappa shape index (κ2) is 11.0. The molecule has 1 aromatic rings. The molecule has 2 amide bonds. The lowest BCUT2D eigenvalue weighted by molar-refractivity contribution is 0.252. The maximum Gasteiger partial charge on any atom is 0.319 e. The predicted molar refractivity (Wildman–Crippen MR) is 104 cm³/mol. The first-order valence-electron chi connectivity index (χ1n) is 8.98. The highest BCUT2D eigenvalue weighted by Crippen LogP contribution is 2.15. The molecule has 0 heterocycles. The van der Waals surface area contributed by atoms with Crippen molar-refractivity contribution >= 4 is 27.4 Å². The van der Waals surface area contributed by atoms with E-state index in [1.807, 2.05) is 0 Å². The van der Waals surface area contributed by atoms with Crippen LogP contribution in [0.5, 0.6) is 0 Å². The van der Waals surface area contributed by atoms with E-state index in [2.05, 4.69) is 29.2 Å².